The van der Waals surface area contributed by atoms with Crippen molar-refractivity contribution in [1.29, 1.82) is 0 Å². The number of hydrogen-bond donors (Lipinski definition) is 2. The molecule has 1 amide bonds. The van der Waals surface area contributed by atoms with Crippen molar-refractivity contribution in [2.75, 3.05) is 32.7 Å². The lowest BCUT2D eigenvalue weighted by Crippen LogP contribution is -2.57. The van der Waals surface area contributed by atoms with Gasteiger partial charge in [0.2, 0.25) is 5.91 Å². The van der Waals surface area contributed by atoms with Crippen molar-refractivity contribution in [2.24, 2.45) is 0 Å². The summed E-state index contributed by atoms with van der Waals surface area (Å²) in [4.78, 5) is 13.3. The third kappa shape index (κ3) is 5.49. The fourth-order valence-corrected chi connectivity index (χ4v) is 2.88. The largest absolute Gasteiger partial charge is 0.405 e. The highest BCUT2D eigenvalue weighted by Gasteiger charge is 2.43. The minimum Gasteiger partial charge on any atom is -0.354 e. The van der Waals surface area contributed by atoms with E-state index in [0.717, 1.165) is 11.1 Å². The maximum absolute atomic E-state index is 13.2. The van der Waals surface area contributed by atoms with E-state index in [4.69, 9.17) is 0 Å². The number of nitrogens with one attached hydrogen (secondary N) is 2. The van der Waals surface area contributed by atoms with Crippen LogP contribution < -0.4 is 10.6 Å². The summed E-state index contributed by atoms with van der Waals surface area (Å²) in [5.41, 5.74) is 2.13. The van der Waals surface area contributed by atoms with E-state index in [1.807, 2.05) is 31.2 Å². The molecule has 1 atom stereocenters. The van der Waals surface area contributed by atoms with Crippen LogP contribution in [0.15, 0.2) is 24.3 Å². The van der Waals surface area contributed by atoms with Gasteiger partial charge in [0.25, 0.3) is 0 Å². The summed E-state index contributed by atoms with van der Waals surface area (Å²) in [5, 5.41) is 5.49. The van der Waals surface area contributed by atoms with E-state index < -0.39 is 18.8 Å². The predicted octanol–water partition coefficient (Wildman–Crippen LogP) is 1.88. The highest BCUT2D eigenvalue weighted by Crippen LogP contribution is 2.24. The second-order valence-electron chi connectivity index (χ2n) is 6.07. The van der Waals surface area contributed by atoms with Crippen molar-refractivity contribution in [3.05, 3.63) is 35.4 Å². The van der Waals surface area contributed by atoms with Crippen LogP contribution in [0.4, 0.5) is 13.2 Å². The topological polar surface area (TPSA) is 44.4 Å². The lowest BCUT2D eigenvalue weighted by molar-refractivity contribution is -0.184. The minimum absolute atomic E-state index is 0.191. The SMILES string of the molecule is Cc1ccccc1CCC(=O)NCC(N1CCNCC1)C(F)(F)F. The van der Waals surface area contributed by atoms with E-state index in [-0.39, 0.29) is 12.3 Å². The molecule has 2 N–H and O–H groups in total. The molecule has 1 aromatic rings. The lowest BCUT2D eigenvalue weighted by atomic mass is 10.0. The molecule has 134 valence electrons. The van der Waals surface area contributed by atoms with E-state index in [2.05, 4.69) is 10.6 Å². The van der Waals surface area contributed by atoms with Crippen molar-refractivity contribution in [1.82, 2.24) is 15.5 Å². The van der Waals surface area contributed by atoms with Crippen LogP contribution in [0.5, 0.6) is 0 Å². The average Bonchev–Trinajstić information content (AvgIpc) is 2.54. The zero-order chi connectivity index (χ0) is 17.6. The monoisotopic (exact) mass is 343 g/mol. The Morgan fingerprint density at radius 3 is 2.58 bits per heavy atom. The Morgan fingerprint density at radius 2 is 1.96 bits per heavy atom. The van der Waals surface area contributed by atoms with Gasteiger partial charge in [-0.1, -0.05) is 24.3 Å². The molecule has 0 radical (unpaired) electrons. The first kappa shape index (κ1) is 18.7. The van der Waals surface area contributed by atoms with Gasteiger partial charge in [0.15, 0.2) is 0 Å². The lowest BCUT2D eigenvalue weighted by Gasteiger charge is -2.35. The highest BCUT2D eigenvalue weighted by atomic mass is 19.4. The number of carbonyl (C=O) groups excluding carboxylic acids is 1. The van der Waals surface area contributed by atoms with Gasteiger partial charge < -0.3 is 10.6 Å². The number of nitrogens with zero attached hydrogens (tertiary/aromatic N) is 1. The number of carbonyl (C=O) groups is 1. The molecule has 0 bridgehead atoms. The van der Waals surface area contributed by atoms with E-state index in [9.17, 15) is 18.0 Å². The maximum Gasteiger partial charge on any atom is 0.405 e. The maximum atomic E-state index is 13.2. The summed E-state index contributed by atoms with van der Waals surface area (Å²) < 4.78 is 39.7. The van der Waals surface area contributed by atoms with Gasteiger partial charge in [0.05, 0.1) is 0 Å². The van der Waals surface area contributed by atoms with Gasteiger partial charge >= 0.3 is 6.18 Å². The average molecular weight is 343 g/mol. The van der Waals surface area contributed by atoms with Crippen molar-refractivity contribution in [2.45, 2.75) is 32.0 Å². The van der Waals surface area contributed by atoms with Gasteiger partial charge in [0.1, 0.15) is 6.04 Å². The number of benzene rings is 1. The molecule has 1 aromatic carbocycles. The molecule has 1 saturated heterocycles. The molecule has 1 heterocycles. The van der Waals surface area contributed by atoms with Crippen LogP contribution >= 0.6 is 0 Å². The second kappa shape index (κ2) is 8.48. The van der Waals surface area contributed by atoms with Gasteiger partial charge in [-0.3, -0.25) is 9.69 Å². The Labute approximate surface area is 140 Å². The van der Waals surface area contributed by atoms with Gasteiger partial charge in [-0.05, 0) is 24.5 Å². The molecule has 1 aliphatic rings. The number of rotatable bonds is 6. The number of piperazine rings is 1. The molecule has 0 aromatic heterocycles. The summed E-state index contributed by atoms with van der Waals surface area (Å²) in [6.45, 7) is 3.31. The molecule has 4 nitrogen and oxygen atoms in total. The van der Waals surface area contributed by atoms with Crippen LogP contribution in [0.2, 0.25) is 0 Å². The molecule has 24 heavy (non-hydrogen) atoms. The van der Waals surface area contributed by atoms with E-state index in [1.165, 1.54) is 4.90 Å². The smallest absolute Gasteiger partial charge is 0.354 e. The van der Waals surface area contributed by atoms with Crippen molar-refractivity contribution < 1.29 is 18.0 Å². The zero-order valence-electron chi connectivity index (χ0n) is 13.8. The Balaban J connectivity index is 1.84. The second-order valence-corrected chi connectivity index (χ2v) is 6.07. The predicted molar refractivity (Wildman–Crippen MR) is 86.8 cm³/mol. The fraction of sp³-hybridized carbons (Fsp3) is 0.588. The molecule has 0 spiro atoms. The fourth-order valence-electron chi connectivity index (χ4n) is 2.88. The van der Waals surface area contributed by atoms with Gasteiger partial charge in [0, 0.05) is 39.1 Å². The Hall–Kier alpha value is -1.60. The van der Waals surface area contributed by atoms with E-state index in [0.29, 0.717) is 32.6 Å². The molecular weight excluding hydrogens is 319 g/mol. The van der Waals surface area contributed by atoms with Crippen LogP contribution in [0, 0.1) is 6.92 Å². The molecule has 1 unspecified atom stereocenters. The normalized spacial score (nSPS) is 17.5. The highest BCUT2D eigenvalue weighted by molar-refractivity contribution is 5.76. The third-order valence-corrected chi connectivity index (χ3v) is 4.35. The number of alkyl halides is 3. The summed E-state index contributed by atoms with van der Waals surface area (Å²) >= 11 is 0. The van der Waals surface area contributed by atoms with Crippen molar-refractivity contribution in [3.63, 3.8) is 0 Å². The Kier molecular flexibility index (Phi) is 6.62. The standard InChI is InChI=1S/C17H24F3N3O/c1-13-4-2-3-5-14(13)6-7-16(24)22-12-15(17(18,19)20)23-10-8-21-9-11-23/h2-5,15,21H,6-12H2,1H3,(H,22,24). The molecule has 0 saturated carbocycles. The van der Waals surface area contributed by atoms with Crippen LogP contribution in [-0.2, 0) is 11.2 Å². The van der Waals surface area contributed by atoms with Crippen LogP contribution in [-0.4, -0.2) is 55.7 Å². The number of hydrogen-bond acceptors (Lipinski definition) is 3. The molecule has 0 aliphatic carbocycles. The Bertz CT molecular complexity index is 542. The number of aryl methyl sites for hydroxylation is 2. The number of halogens is 3. The summed E-state index contributed by atoms with van der Waals surface area (Å²) in [7, 11) is 0. The van der Waals surface area contributed by atoms with Gasteiger partial charge in [-0.25, -0.2) is 0 Å². The first-order valence-corrected chi connectivity index (χ1v) is 8.20. The van der Waals surface area contributed by atoms with E-state index >= 15 is 0 Å². The number of amides is 1. The van der Waals surface area contributed by atoms with Gasteiger partial charge in [-0.2, -0.15) is 13.2 Å². The Morgan fingerprint density at radius 1 is 1.29 bits per heavy atom. The van der Waals surface area contributed by atoms with E-state index in [1.54, 1.807) is 0 Å². The molecular formula is C17H24F3N3O. The molecule has 2 rings (SSSR count). The minimum atomic E-state index is -4.35. The molecule has 1 fully saturated rings. The van der Waals surface area contributed by atoms with Crippen LogP contribution in [0.3, 0.4) is 0 Å². The van der Waals surface area contributed by atoms with Crippen LogP contribution in [0.25, 0.3) is 0 Å². The molecule has 7 heteroatoms. The summed E-state index contributed by atoms with van der Waals surface area (Å²) in [6, 6.07) is 6.08. The first-order chi connectivity index (χ1) is 11.4. The van der Waals surface area contributed by atoms with Gasteiger partial charge in [-0.15, -0.1) is 0 Å². The summed E-state index contributed by atoms with van der Waals surface area (Å²) in [5.74, 6) is -0.345. The van der Waals surface area contributed by atoms with Crippen molar-refractivity contribution in [3.8, 4) is 0 Å². The first-order valence-electron chi connectivity index (χ1n) is 8.20. The summed E-state index contributed by atoms with van der Waals surface area (Å²) in [6.07, 6.45) is -3.62. The molecule has 1 aliphatic heterocycles. The quantitative estimate of drug-likeness (QED) is 0.829. The van der Waals surface area contributed by atoms with Crippen LogP contribution in [0.1, 0.15) is 17.5 Å². The third-order valence-electron chi connectivity index (χ3n) is 4.35. The zero-order valence-corrected chi connectivity index (χ0v) is 13.8. The van der Waals surface area contributed by atoms with Crippen molar-refractivity contribution >= 4 is 5.91 Å².